The van der Waals surface area contributed by atoms with Gasteiger partial charge in [0.15, 0.2) is 0 Å². The molecule has 0 saturated heterocycles. The van der Waals surface area contributed by atoms with Crippen molar-refractivity contribution < 1.29 is 0 Å². The van der Waals surface area contributed by atoms with Gasteiger partial charge in [0.25, 0.3) is 0 Å². The quantitative estimate of drug-likeness (QED) is 0.714. The third-order valence-corrected chi connectivity index (χ3v) is 4.34. The van der Waals surface area contributed by atoms with Crippen molar-refractivity contribution in [2.45, 2.75) is 25.8 Å². The first-order valence-electron chi connectivity index (χ1n) is 5.50. The summed E-state index contributed by atoms with van der Waals surface area (Å²) in [5.74, 6) is 1.58. The first-order valence-corrected chi connectivity index (χ1v) is 6.13. The summed E-state index contributed by atoms with van der Waals surface area (Å²) in [6.07, 6.45) is 1.15. The van der Waals surface area contributed by atoms with Crippen LogP contribution >= 0.6 is 12.6 Å². The highest BCUT2D eigenvalue weighted by molar-refractivity contribution is 7.80. The van der Waals surface area contributed by atoms with Gasteiger partial charge in [-0.3, -0.25) is 0 Å². The molecule has 0 aliphatic carbocycles. The van der Waals surface area contributed by atoms with Crippen molar-refractivity contribution in [3.8, 4) is 0 Å². The topological polar surface area (TPSA) is 3.24 Å². The van der Waals surface area contributed by atoms with Gasteiger partial charge in [-0.15, -0.1) is 0 Å². The third kappa shape index (κ3) is 1.65. The minimum absolute atomic E-state index is 0.204. The molecular weight excluding hydrogens is 202 g/mol. The number of thiol groups is 1. The minimum Gasteiger partial charge on any atom is -0.369 e. The Morgan fingerprint density at radius 3 is 2.73 bits per heavy atom. The fourth-order valence-electron chi connectivity index (χ4n) is 2.40. The molecule has 0 N–H and O–H groups in total. The van der Waals surface area contributed by atoms with Crippen molar-refractivity contribution in [1.82, 2.24) is 0 Å². The van der Waals surface area contributed by atoms with E-state index in [1.165, 1.54) is 11.3 Å². The largest absolute Gasteiger partial charge is 0.369 e. The predicted molar refractivity (Wildman–Crippen MR) is 70.0 cm³/mol. The van der Waals surface area contributed by atoms with E-state index in [2.05, 4.69) is 62.7 Å². The van der Waals surface area contributed by atoms with Crippen LogP contribution in [0.25, 0.3) is 0 Å². The summed E-state index contributed by atoms with van der Waals surface area (Å²) in [4.78, 5) is 2.40. The van der Waals surface area contributed by atoms with E-state index in [9.17, 15) is 0 Å². The molecule has 1 nitrogen and oxygen atoms in total. The minimum atomic E-state index is 0.204. The lowest BCUT2D eigenvalue weighted by atomic mass is 9.78. The molecule has 0 radical (unpaired) electrons. The van der Waals surface area contributed by atoms with E-state index in [1.807, 2.05) is 0 Å². The Morgan fingerprint density at radius 2 is 2.07 bits per heavy atom. The molecule has 1 atom stereocenters. The summed E-state index contributed by atoms with van der Waals surface area (Å²) in [5, 5.41) is 0. The molecular formula is C13H19NS. The van der Waals surface area contributed by atoms with Crippen molar-refractivity contribution in [1.29, 1.82) is 0 Å². The summed E-state index contributed by atoms with van der Waals surface area (Å²) in [5.41, 5.74) is 3.04. The van der Waals surface area contributed by atoms with Crippen molar-refractivity contribution in [2.75, 3.05) is 17.7 Å². The van der Waals surface area contributed by atoms with Crippen molar-refractivity contribution in [2.24, 2.45) is 5.92 Å². The second-order valence-corrected chi connectivity index (χ2v) is 5.29. The molecule has 1 heterocycles. The van der Waals surface area contributed by atoms with E-state index in [0.717, 1.165) is 12.2 Å². The molecule has 1 unspecified atom stereocenters. The van der Waals surface area contributed by atoms with Crippen LogP contribution in [0.1, 0.15) is 19.4 Å². The molecule has 1 aliphatic heterocycles. The molecule has 0 bridgehead atoms. The van der Waals surface area contributed by atoms with Gasteiger partial charge in [0, 0.05) is 18.3 Å². The Labute approximate surface area is 97.9 Å². The lowest BCUT2D eigenvalue weighted by Crippen LogP contribution is -2.52. The van der Waals surface area contributed by atoms with Crippen molar-refractivity contribution >= 4 is 18.3 Å². The number of nitrogens with zero attached hydrogens (tertiary/aromatic N) is 1. The molecule has 1 aromatic carbocycles. The summed E-state index contributed by atoms with van der Waals surface area (Å²) in [7, 11) is 2.19. The second-order valence-electron chi connectivity index (χ2n) is 4.93. The molecule has 0 saturated carbocycles. The average Bonchev–Trinajstić information content (AvgIpc) is 2.23. The van der Waals surface area contributed by atoms with Gasteiger partial charge in [-0.25, -0.2) is 0 Å². The van der Waals surface area contributed by atoms with Gasteiger partial charge in [0.05, 0.1) is 0 Å². The Morgan fingerprint density at radius 1 is 1.40 bits per heavy atom. The van der Waals surface area contributed by atoms with Gasteiger partial charge in [0.1, 0.15) is 0 Å². The number of hydrogen-bond donors (Lipinski definition) is 1. The summed E-state index contributed by atoms with van der Waals surface area (Å²) in [6.45, 7) is 4.62. The Hall–Kier alpha value is -0.630. The molecule has 2 heteroatoms. The van der Waals surface area contributed by atoms with Crippen LogP contribution in [0.2, 0.25) is 0 Å². The Balaban J connectivity index is 2.46. The molecule has 1 aromatic rings. The SMILES string of the molecule is CN1c2ccccc2CC(CS)C1(C)C. The molecule has 2 rings (SSSR count). The van der Waals surface area contributed by atoms with Crippen LogP contribution in [0, 0.1) is 5.92 Å². The van der Waals surface area contributed by atoms with Crippen LogP contribution in [-0.4, -0.2) is 18.3 Å². The normalized spacial score (nSPS) is 23.7. The number of benzene rings is 1. The van der Waals surface area contributed by atoms with E-state index >= 15 is 0 Å². The maximum Gasteiger partial charge on any atom is 0.0400 e. The number of hydrogen-bond acceptors (Lipinski definition) is 2. The van der Waals surface area contributed by atoms with E-state index in [0.29, 0.717) is 5.92 Å². The smallest absolute Gasteiger partial charge is 0.0400 e. The molecule has 0 fully saturated rings. The zero-order chi connectivity index (χ0) is 11.1. The standard InChI is InChI=1S/C13H19NS/c1-13(2)11(9-15)8-10-6-4-5-7-12(10)14(13)3/h4-7,11,15H,8-9H2,1-3H3. The zero-order valence-corrected chi connectivity index (χ0v) is 10.6. The van der Waals surface area contributed by atoms with Crippen LogP contribution in [-0.2, 0) is 6.42 Å². The Kier molecular flexibility index (Phi) is 2.72. The third-order valence-electron chi connectivity index (χ3n) is 3.90. The van der Waals surface area contributed by atoms with Crippen molar-refractivity contribution in [3.63, 3.8) is 0 Å². The van der Waals surface area contributed by atoms with Gasteiger partial charge >= 0.3 is 0 Å². The van der Waals surface area contributed by atoms with E-state index in [-0.39, 0.29) is 5.54 Å². The van der Waals surface area contributed by atoms with Gasteiger partial charge in [-0.1, -0.05) is 18.2 Å². The number of fused-ring (bicyclic) bond motifs is 1. The predicted octanol–water partition coefficient (Wildman–Crippen LogP) is 3.00. The lowest BCUT2D eigenvalue weighted by Gasteiger charge is -2.48. The highest BCUT2D eigenvalue weighted by Gasteiger charge is 2.37. The fraction of sp³-hybridized carbons (Fsp3) is 0.538. The second kappa shape index (κ2) is 3.75. The Bertz CT molecular complexity index is 359. The zero-order valence-electron chi connectivity index (χ0n) is 9.70. The highest BCUT2D eigenvalue weighted by atomic mass is 32.1. The number of anilines is 1. The fourth-order valence-corrected chi connectivity index (χ4v) is 2.97. The lowest BCUT2D eigenvalue weighted by molar-refractivity contribution is 0.319. The number of para-hydroxylation sites is 1. The summed E-state index contributed by atoms with van der Waals surface area (Å²) in [6, 6.07) is 8.69. The van der Waals surface area contributed by atoms with Crippen LogP contribution in [0.5, 0.6) is 0 Å². The molecule has 15 heavy (non-hydrogen) atoms. The van der Waals surface area contributed by atoms with Crippen LogP contribution in [0.4, 0.5) is 5.69 Å². The van der Waals surface area contributed by atoms with Gasteiger partial charge in [-0.2, -0.15) is 12.6 Å². The highest BCUT2D eigenvalue weighted by Crippen LogP contribution is 2.39. The van der Waals surface area contributed by atoms with Crippen molar-refractivity contribution in [3.05, 3.63) is 29.8 Å². The van der Waals surface area contributed by atoms with E-state index < -0.39 is 0 Å². The molecule has 0 spiro atoms. The molecule has 0 aromatic heterocycles. The number of rotatable bonds is 1. The van der Waals surface area contributed by atoms with E-state index in [1.54, 1.807) is 0 Å². The maximum atomic E-state index is 4.48. The van der Waals surface area contributed by atoms with Crippen LogP contribution < -0.4 is 4.90 Å². The first kappa shape index (κ1) is 10.9. The average molecular weight is 221 g/mol. The van der Waals surface area contributed by atoms with Crippen LogP contribution in [0.15, 0.2) is 24.3 Å². The molecule has 82 valence electrons. The first-order chi connectivity index (χ1) is 7.07. The summed E-state index contributed by atoms with van der Waals surface area (Å²) < 4.78 is 0. The van der Waals surface area contributed by atoms with Gasteiger partial charge in [-0.05, 0) is 43.6 Å². The molecule has 1 aliphatic rings. The summed E-state index contributed by atoms with van der Waals surface area (Å²) >= 11 is 4.48. The van der Waals surface area contributed by atoms with Crippen LogP contribution in [0.3, 0.4) is 0 Å². The monoisotopic (exact) mass is 221 g/mol. The van der Waals surface area contributed by atoms with Gasteiger partial charge in [0.2, 0.25) is 0 Å². The maximum absolute atomic E-state index is 4.48. The van der Waals surface area contributed by atoms with E-state index in [4.69, 9.17) is 0 Å². The molecule has 0 amide bonds. The van der Waals surface area contributed by atoms with Gasteiger partial charge < -0.3 is 4.90 Å².